The van der Waals surface area contributed by atoms with Crippen molar-refractivity contribution < 1.29 is 17.6 Å². The van der Waals surface area contributed by atoms with Crippen molar-refractivity contribution in [3.8, 4) is 0 Å². The van der Waals surface area contributed by atoms with Gasteiger partial charge in [0, 0.05) is 11.7 Å². The van der Waals surface area contributed by atoms with Gasteiger partial charge in [-0.2, -0.15) is 0 Å². The Morgan fingerprint density at radius 3 is 2.55 bits per heavy atom. The van der Waals surface area contributed by atoms with E-state index in [-0.39, 0.29) is 22.4 Å². The first-order valence-corrected chi connectivity index (χ1v) is 11.4. The zero-order valence-corrected chi connectivity index (χ0v) is 17.8. The van der Waals surface area contributed by atoms with Gasteiger partial charge in [-0.25, -0.2) is 17.5 Å². The van der Waals surface area contributed by atoms with Crippen molar-refractivity contribution in [1.82, 2.24) is 4.72 Å². The number of benzene rings is 2. The van der Waals surface area contributed by atoms with Crippen molar-refractivity contribution in [1.29, 1.82) is 0 Å². The number of aryl methyl sites for hydroxylation is 1. The number of carbonyl (C=O) groups is 1. The van der Waals surface area contributed by atoms with Gasteiger partial charge in [0.05, 0.1) is 10.5 Å². The number of halogens is 1. The van der Waals surface area contributed by atoms with Gasteiger partial charge in [0.15, 0.2) is 0 Å². The van der Waals surface area contributed by atoms with Crippen LogP contribution in [-0.4, -0.2) is 20.4 Å². The van der Waals surface area contributed by atoms with E-state index >= 15 is 0 Å². The minimum Gasteiger partial charge on any atom is -0.322 e. The number of nitrogens with one attached hydrogen (secondary N) is 2. The zero-order chi connectivity index (χ0) is 21.2. The summed E-state index contributed by atoms with van der Waals surface area (Å²) in [6, 6.07) is 8.61. The lowest BCUT2D eigenvalue weighted by Gasteiger charge is -2.29. The van der Waals surface area contributed by atoms with E-state index < -0.39 is 21.7 Å². The maximum atomic E-state index is 14.3. The second-order valence-corrected chi connectivity index (χ2v) is 9.55. The average molecular weight is 419 g/mol. The first-order chi connectivity index (χ1) is 13.7. The standard InChI is InChI=1S/C22H27FN2O3S/c1-14-8-6-10-21(16(14)3)24-22(26)18-13-17(11-12-19(18)23)29(27,28)25-20-9-5-4-7-15(20)2/h6,8,10-13,15,20,25H,4-5,7,9H2,1-3H3,(H,24,26)/t15-,20-/m0/s1. The van der Waals surface area contributed by atoms with E-state index in [9.17, 15) is 17.6 Å². The smallest absolute Gasteiger partial charge is 0.258 e. The maximum Gasteiger partial charge on any atom is 0.258 e. The highest BCUT2D eigenvalue weighted by atomic mass is 32.2. The molecule has 29 heavy (non-hydrogen) atoms. The summed E-state index contributed by atoms with van der Waals surface area (Å²) in [7, 11) is -3.85. The van der Waals surface area contributed by atoms with E-state index in [2.05, 4.69) is 10.0 Å². The summed E-state index contributed by atoms with van der Waals surface area (Å²) >= 11 is 0. The molecule has 0 aromatic heterocycles. The Hall–Kier alpha value is -2.25. The molecule has 0 radical (unpaired) electrons. The number of amides is 1. The third kappa shape index (κ3) is 4.85. The minimum atomic E-state index is -3.85. The van der Waals surface area contributed by atoms with Crippen LogP contribution in [0, 0.1) is 25.6 Å². The van der Waals surface area contributed by atoms with Crippen LogP contribution >= 0.6 is 0 Å². The molecule has 1 fully saturated rings. The quantitative estimate of drug-likeness (QED) is 0.748. The summed E-state index contributed by atoms with van der Waals surface area (Å²) in [5.41, 5.74) is 2.13. The van der Waals surface area contributed by atoms with E-state index in [1.807, 2.05) is 26.8 Å². The number of sulfonamides is 1. The molecule has 0 heterocycles. The Morgan fingerprint density at radius 1 is 1.10 bits per heavy atom. The Bertz CT molecular complexity index is 1020. The average Bonchev–Trinajstić information content (AvgIpc) is 2.67. The van der Waals surface area contributed by atoms with Crippen LogP contribution in [0.4, 0.5) is 10.1 Å². The van der Waals surface area contributed by atoms with E-state index in [1.165, 1.54) is 6.07 Å². The Labute approximate surface area is 171 Å². The van der Waals surface area contributed by atoms with Gasteiger partial charge in [0.1, 0.15) is 5.82 Å². The normalized spacial score (nSPS) is 19.7. The van der Waals surface area contributed by atoms with Gasteiger partial charge in [-0.15, -0.1) is 0 Å². The van der Waals surface area contributed by atoms with Crippen molar-refractivity contribution in [3.05, 3.63) is 58.9 Å². The molecule has 7 heteroatoms. The van der Waals surface area contributed by atoms with Crippen LogP contribution in [0.5, 0.6) is 0 Å². The lowest BCUT2D eigenvalue weighted by Crippen LogP contribution is -2.41. The van der Waals surface area contributed by atoms with Gasteiger partial charge in [0.25, 0.3) is 5.91 Å². The summed E-state index contributed by atoms with van der Waals surface area (Å²) in [6.45, 7) is 5.80. The molecule has 2 aromatic carbocycles. The molecule has 1 aliphatic rings. The Balaban J connectivity index is 1.85. The van der Waals surface area contributed by atoms with Crippen LogP contribution in [0.2, 0.25) is 0 Å². The topological polar surface area (TPSA) is 75.3 Å². The fourth-order valence-electron chi connectivity index (χ4n) is 3.68. The molecule has 1 saturated carbocycles. The first kappa shape index (κ1) is 21.5. The fraction of sp³-hybridized carbons (Fsp3) is 0.409. The third-order valence-electron chi connectivity index (χ3n) is 5.76. The summed E-state index contributed by atoms with van der Waals surface area (Å²) < 4.78 is 42.7. The Kier molecular flexibility index (Phi) is 6.39. The molecule has 0 aliphatic heterocycles. The SMILES string of the molecule is Cc1cccc(NC(=O)c2cc(S(=O)(=O)N[C@H]3CCCC[C@@H]3C)ccc2F)c1C. The predicted molar refractivity (Wildman–Crippen MR) is 112 cm³/mol. The van der Waals surface area contributed by atoms with Gasteiger partial charge >= 0.3 is 0 Å². The Morgan fingerprint density at radius 2 is 1.83 bits per heavy atom. The highest BCUT2D eigenvalue weighted by Crippen LogP contribution is 2.26. The third-order valence-corrected chi connectivity index (χ3v) is 7.25. The van der Waals surface area contributed by atoms with Crippen molar-refractivity contribution in [3.63, 3.8) is 0 Å². The van der Waals surface area contributed by atoms with Crippen LogP contribution in [0.15, 0.2) is 41.3 Å². The molecule has 1 amide bonds. The number of carbonyl (C=O) groups excluding carboxylic acids is 1. The lowest BCUT2D eigenvalue weighted by molar-refractivity contribution is 0.102. The van der Waals surface area contributed by atoms with Gasteiger partial charge in [-0.1, -0.05) is 31.9 Å². The molecule has 0 saturated heterocycles. The van der Waals surface area contributed by atoms with Crippen molar-refractivity contribution >= 4 is 21.6 Å². The van der Waals surface area contributed by atoms with Gasteiger partial charge in [-0.05, 0) is 68.0 Å². The molecule has 0 spiro atoms. The molecule has 3 rings (SSSR count). The molecule has 2 aromatic rings. The predicted octanol–water partition coefficient (Wildman–Crippen LogP) is 4.55. The fourth-order valence-corrected chi connectivity index (χ4v) is 5.09. The van der Waals surface area contributed by atoms with Crippen LogP contribution < -0.4 is 10.0 Å². The molecular formula is C22H27FN2O3S. The van der Waals surface area contributed by atoms with Crippen molar-refractivity contribution in [2.75, 3.05) is 5.32 Å². The largest absolute Gasteiger partial charge is 0.322 e. The van der Waals surface area contributed by atoms with Gasteiger partial charge in [-0.3, -0.25) is 4.79 Å². The molecular weight excluding hydrogens is 391 g/mol. The minimum absolute atomic E-state index is 0.109. The zero-order valence-electron chi connectivity index (χ0n) is 17.0. The van der Waals surface area contributed by atoms with Crippen LogP contribution in [0.25, 0.3) is 0 Å². The highest BCUT2D eigenvalue weighted by molar-refractivity contribution is 7.89. The van der Waals surface area contributed by atoms with Crippen LogP contribution in [0.3, 0.4) is 0 Å². The molecule has 5 nitrogen and oxygen atoms in total. The molecule has 2 atom stereocenters. The van der Waals surface area contributed by atoms with Crippen LogP contribution in [0.1, 0.15) is 54.1 Å². The van der Waals surface area contributed by atoms with E-state index in [1.54, 1.807) is 12.1 Å². The number of anilines is 1. The second-order valence-electron chi connectivity index (χ2n) is 7.83. The van der Waals surface area contributed by atoms with E-state index in [0.717, 1.165) is 48.9 Å². The van der Waals surface area contributed by atoms with E-state index in [0.29, 0.717) is 5.69 Å². The van der Waals surface area contributed by atoms with Crippen LogP contribution in [-0.2, 0) is 10.0 Å². The first-order valence-electron chi connectivity index (χ1n) is 9.88. The van der Waals surface area contributed by atoms with Crippen molar-refractivity contribution in [2.24, 2.45) is 5.92 Å². The summed E-state index contributed by atoms with van der Waals surface area (Å²) in [5.74, 6) is -1.21. The number of rotatable bonds is 5. The molecule has 156 valence electrons. The summed E-state index contributed by atoms with van der Waals surface area (Å²) in [4.78, 5) is 12.5. The molecule has 1 aliphatic carbocycles. The highest BCUT2D eigenvalue weighted by Gasteiger charge is 2.27. The number of hydrogen-bond acceptors (Lipinski definition) is 3. The van der Waals surface area contributed by atoms with Crippen molar-refractivity contribution in [2.45, 2.75) is 57.4 Å². The summed E-state index contributed by atoms with van der Waals surface area (Å²) in [5, 5.41) is 2.68. The lowest BCUT2D eigenvalue weighted by atomic mass is 9.87. The molecule has 0 bridgehead atoms. The molecule has 2 N–H and O–H groups in total. The number of hydrogen-bond donors (Lipinski definition) is 2. The summed E-state index contributed by atoms with van der Waals surface area (Å²) in [6.07, 6.45) is 3.82. The maximum absolute atomic E-state index is 14.3. The second kappa shape index (κ2) is 8.63. The van der Waals surface area contributed by atoms with Gasteiger partial charge in [0.2, 0.25) is 10.0 Å². The molecule has 0 unspecified atom stereocenters. The van der Waals surface area contributed by atoms with Gasteiger partial charge < -0.3 is 5.32 Å². The van der Waals surface area contributed by atoms with E-state index in [4.69, 9.17) is 0 Å². The monoisotopic (exact) mass is 418 g/mol.